The van der Waals surface area contributed by atoms with Crippen molar-refractivity contribution < 1.29 is 4.43 Å². The van der Waals surface area contributed by atoms with Gasteiger partial charge in [-0.3, -0.25) is 4.99 Å². The summed E-state index contributed by atoms with van der Waals surface area (Å²) < 4.78 is 5.04. The Morgan fingerprint density at radius 1 is 1.50 bits per heavy atom. The zero-order valence-electron chi connectivity index (χ0n) is 7.18. The molecule has 0 heterocycles. The van der Waals surface area contributed by atoms with Crippen LogP contribution in [0.15, 0.2) is 4.99 Å². The van der Waals surface area contributed by atoms with E-state index in [4.69, 9.17) is 4.43 Å². The summed E-state index contributed by atoms with van der Waals surface area (Å²) in [6.07, 6.45) is 1.20. The average Bonchev–Trinajstić information content (AvgIpc) is 1.87. The molecular weight excluding hydrogens is 142 g/mol. The molecule has 10 heavy (non-hydrogen) atoms. The van der Waals surface area contributed by atoms with E-state index in [2.05, 4.69) is 4.99 Å². The lowest BCUT2D eigenvalue weighted by Crippen LogP contribution is -1.94. The van der Waals surface area contributed by atoms with E-state index in [9.17, 15) is 0 Å². The van der Waals surface area contributed by atoms with Crippen LogP contribution in [-0.4, -0.2) is 29.1 Å². The van der Waals surface area contributed by atoms with Gasteiger partial charge in [-0.25, -0.2) is 0 Å². The maximum atomic E-state index is 5.04. The van der Waals surface area contributed by atoms with Gasteiger partial charge in [0.05, 0.1) is 0 Å². The van der Waals surface area contributed by atoms with Gasteiger partial charge in [0.2, 0.25) is 0 Å². The van der Waals surface area contributed by atoms with Crippen LogP contribution in [0.1, 0.15) is 20.3 Å². The van der Waals surface area contributed by atoms with Gasteiger partial charge in [-0.1, -0.05) is 0 Å². The smallest absolute Gasteiger partial charge is 0.161 e. The Morgan fingerprint density at radius 2 is 2.20 bits per heavy atom. The molecule has 0 aliphatic heterocycles. The van der Waals surface area contributed by atoms with Crippen molar-refractivity contribution in [1.82, 2.24) is 0 Å². The van der Waals surface area contributed by atoms with E-state index in [1.807, 2.05) is 13.8 Å². The van der Waals surface area contributed by atoms with E-state index in [0.29, 0.717) is 0 Å². The van der Waals surface area contributed by atoms with Crippen molar-refractivity contribution in [2.75, 3.05) is 13.7 Å². The second kappa shape index (κ2) is 6.96. The third kappa shape index (κ3) is 7.85. The molecule has 0 bridgehead atoms. The van der Waals surface area contributed by atoms with Gasteiger partial charge >= 0.3 is 0 Å². The zero-order chi connectivity index (χ0) is 7.82. The molecule has 2 nitrogen and oxygen atoms in total. The second-order valence-corrected chi connectivity index (χ2v) is 4.22. The first-order valence-electron chi connectivity index (χ1n) is 3.74. The van der Waals surface area contributed by atoms with Crippen LogP contribution in [0.5, 0.6) is 0 Å². The highest BCUT2D eigenvalue weighted by atomic mass is 28.2. The molecule has 0 spiro atoms. The monoisotopic (exact) mass is 159 g/mol. The van der Waals surface area contributed by atoms with Gasteiger partial charge in [-0.2, -0.15) is 0 Å². The highest BCUT2D eigenvalue weighted by molar-refractivity contribution is 6.26. The molecule has 0 amide bonds. The summed E-state index contributed by atoms with van der Waals surface area (Å²) >= 11 is 0. The molecule has 0 aromatic heterocycles. The molecule has 0 rings (SSSR count). The van der Waals surface area contributed by atoms with Crippen LogP contribution in [-0.2, 0) is 4.43 Å². The van der Waals surface area contributed by atoms with E-state index >= 15 is 0 Å². The number of rotatable bonds is 5. The molecule has 0 fully saturated rings. The number of hydrogen-bond acceptors (Lipinski definition) is 2. The first kappa shape index (κ1) is 9.85. The predicted molar refractivity (Wildman–Crippen MR) is 48.6 cm³/mol. The fourth-order valence-electron chi connectivity index (χ4n) is 0.661. The van der Waals surface area contributed by atoms with Crippen LogP contribution in [0.2, 0.25) is 6.04 Å². The van der Waals surface area contributed by atoms with Gasteiger partial charge in [-0.15, -0.1) is 0 Å². The summed E-state index contributed by atoms with van der Waals surface area (Å²) in [6, 6.07) is 1.26. The van der Waals surface area contributed by atoms with Crippen molar-refractivity contribution in [2.45, 2.75) is 26.3 Å². The summed E-state index contributed by atoms with van der Waals surface area (Å²) in [7, 11) is 1.60. The van der Waals surface area contributed by atoms with Crippen LogP contribution in [0.4, 0.5) is 0 Å². The Kier molecular flexibility index (Phi) is 6.85. The molecule has 0 aromatic carbocycles. The van der Waals surface area contributed by atoms with E-state index in [-0.39, 0.29) is 9.76 Å². The molecule has 0 unspecified atom stereocenters. The lowest BCUT2D eigenvalue weighted by Gasteiger charge is -1.95. The van der Waals surface area contributed by atoms with Crippen molar-refractivity contribution in [1.29, 1.82) is 0 Å². The SMILES string of the molecule is CO[SiH2]CCCN=C(C)C. The molecule has 3 heteroatoms. The summed E-state index contributed by atoms with van der Waals surface area (Å²) in [4.78, 5) is 4.28. The second-order valence-electron chi connectivity index (χ2n) is 2.53. The molecule has 0 aliphatic carbocycles. The molecule has 0 N–H and O–H groups in total. The standard InChI is InChI=1S/C7H17NOSi/c1-7(2)8-5-4-6-10-9-3/h4-6,10H2,1-3H3. The predicted octanol–water partition coefficient (Wildman–Crippen LogP) is 1.01. The maximum Gasteiger partial charge on any atom is 0.161 e. The van der Waals surface area contributed by atoms with Gasteiger partial charge in [0.1, 0.15) is 0 Å². The summed E-state index contributed by atoms with van der Waals surface area (Å²) in [5, 5.41) is 0. The summed E-state index contributed by atoms with van der Waals surface area (Å²) in [6.45, 7) is 5.06. The van der Waals surface area contributed by atoms with Crippen molar-refractivity contribution in [3.63, 3.8) is 0 Å². The molecule has 0 aromatic rings. The Labute approximate surface area is 65.6 Å². The van der Waals surface area contributed by atoms with Gasteiger partial charge < -0.3 is 4.43 Å². The fourth-order valence-corrected chi connectivity index (χ4v) is 1.38. The topological polar surface area (TPSA) is 21.6 Å². The van der Waals surface area contributed by atoms with Crippen LogP contribution in [0.3, 0.4) is 0 Å². The molecule has 0 radical (unpaired) electrons. The van der Waals surface area contributed by atoms with E-state index in [1.54, 1.807) is 7.11 Å². The third-order valence-electron chi connectivity index (χ3n) is 1.18. The van der Waals surface area contributed by atoms with E-state index < -0.39 is 0 Å². The minimum absolute atomic E-state index is 0.192. The minimum Gasteiger partial charge on any atom is -0.427 e. The number of nitrogens with zero attached hydrogens (tertiary/aromatic N) is 1. The Hall–Kier alpha value is -0.153. The van der Waals surface area contributed by atoms with Crippen LogP contribution >= 0.6 is 0 Å². The molecular formula is C7H17NOSi. The van der Waals surface area contributed by atoms with Crippen molar-refractivity contribution >= 4 is 15.5 Å². The van der Waals surface area contributed by atoms with Crippen molar-refractivity contribution in [2.24, 2.45) is 4.99 Å². The van der Waals surface area contributed by atoms with Gasteiger partial charge in [0.15, 0.2) is 9.76 Å². The first-order valence-corrected chi connectivity index (χ1v) is 5.31. The molecule has 0 atom stereocenters. The lowest BCUT2D eigenvalue weighted by atomic mass is 10.4. The maximum absolute atomic E-state index is 5.04. The van der Waals surface area contributed by atoms with Crippen LogP contribution in [0, 0.1) is 0 Å². The molecule has 0 saturated carbocycles. The van der Waals surface area contributed by atoms with Gasteiger partial charge in [-0.05, 0) is 26.3 Å². The fraction of sp³-hybridized carbons (Fsp3) is 0.857. The third-order valence-corrected chi connectivity index (χ3v) is 2.38. The highest BCUT2D eigenvalue weighted by Crippen LogP contribution is 1.89. The normalized spacial score (nSPS) is 10.7. The average molecular weight is 159 g/mol. The molecule has 0 aliphatic rings. The van der Waals surface area contributed by atoms with Gasteiger partial charge in [0.25, 0.3) is 0 Å². The summed E-state index contributed by atoms with van der Waals surface area (Å²) in [5.74, 6) is 0. The van der Waals surface area contributed by atoms with Crippen LogP contribution in [0.25, 0.3) is 0 Å². The lowest BCUT2D eigenvalue weighted by molar-refractivity contribution is 0.440. The number of aliphatic imine (C=N–C) groups is 1. The largest absolute Gasteiger partial charge is 0.427 e. The van der Waals surface area contributed by atoms with E-state index in [0.717, 1.165) is 6.54 Å². The van der Waals surface area contributed by atoms with Crippen LogP contribution < -0.4 is 0 Å². The Balaban J connectivity index is 2.98. The molecule has 0 saturated heterocycles. The quantitative estimate of drug-likeness (QED) is 0.333. The number of hydrogen-bond donors (Lipinski definition) is 0. The highest BCUT2D eigenvalue weighted by Gasteiger charge is 1.86. The Morgan fingerprint density at radius 3 is 2.70 bits per heavy atom. The van der Waals surface area contributed by atoms with Crippen molar-refractivity contribution in [3.8, 4) is 0 Å². The first-order chi connectivity index (χ1) is 4.77. The van der Waals surface area contributed by atoms with E-state index in [1.165, 1.54) is 18.2 Å². The minimum atomic E-state index is -0.192. The molecule has 60 valence electrons. The summed E-state index contributed by atoms with van der Waals surface area (Å²) in [5.41, 5.74) is 1.18. The van der Waals surface area contributed by atoms with Crippen molar-refractivity contribution in [3.05, 3.63) is 0 Å². The van der Waals surface area contributed by atoms with Gasteiger partial charge in [0, 0.05) is 19.4 Å². The Bertz CT molecular complexity index is 99.8. The zero-order valence-corrected chi connectivity index (χ0v) is 8.60.